The van der Waals surface area contributed by atoms with E-state index < -0.39 is 0 Å². The number of rotatable bonds is 2. The van der Waals surface area contributed by atoms with E-state index in [1.807, 2.05) is 30.3 Å². The van der Waals surface area contributed by atoms with Gasteiger partial charge in [0.05, 0.1) is 5.56 Å². The van der Waals surface area contributed by atoms with E-state index in [0.29, 0.717) is 16.9 Å². The fourth-order valence-electron chi connectivity index (χ4n) is 1.88. The maximum absolute atomic E-state index is 11.2. The smallest absolute Gasteiger partial charge is 0.154 e. The minimum atomic E-state index is 0.555. The Morgan fingerprint density at radius 3 is 2.71 bits per heavy atom. The molecule has 0 unspecified atom stereocenters. The van der Waals surface area contributed by atoms with Crippen LogP contribution in [0.5, 0.6) is 0 Å². The normalized spacial score (nSPS) is 10.6. The van der Waals surface area contributed by atoms with Crippen LogP contribution in [0.3, 0.4) is 0 Å². The SMILES string of the molecule is O=Cc1c(-c2ccccc2)oc2ccncc12. The molecule has 3 nitrogen and oxygen atoms in total. The van der Waals surface area contributed by atoms with Crippen molar-refractivity contribution in [1.29, 1.82) is 0 Å². The first-order chi connectivity index (χ1) is 8.40. The summed E-state index contributed by atoms with van der Waals surface area (Å²) >= 11 is 0. The fourth-order valence-corrected chi connectivity index (χ4v) is 1.88. The molecule has 3 rings (SSSR count). The van der Waals surface area contributed by atoms with Gasteiger partial charge in [-0.2, -0.15) is 0 Å². The number of furan rings is 1. The van der Waals surface area contributed by atoms with Gasteiger partial charge < -0.3 is 4.42 Å². The molecule has 0 fully saturated rings. The Labute approximate surface area is 97.7 Å². The topological polar surface area (TPSA) is 43.1 Å². The van der Waals surface area contributed by atoms with Crippen LogP contribution in [0.25, 0.3) is 22.3 Å². The zero-order valence-corrected chi connectivity index (χ0v) is 8.96. The van der Waals surface area contributed by atoms with Crippen LogP contribution in [0.2, 0.25) is 0 Å². The second-order valence-electron chi connectivity index (χ2n) is 3.70. The van der Waals surface area contributed by atoms with Crippen LogP contribution in [0.4, 0.5) is 0 Å². The minimum Gasteiger partial charge on any atom is -0.455 e. The molecule has 0 aliphatic rings. The molecule has 17 heavy (non-hydrogen) atoms. The van der Waals surface area contributed by atoms with E-state index in [4.69, 9.17) is 4.42 Å². The van der Waals surface area contributed by atoms with Gasteiger partial charge in [-0.05, 0) is 6.07 Å². The third kappa shape index (κ3) is 1.52. The van der Waals surface area contributed by atoms with Gasteiger partial charge in [0, 0.05) is 23.3 Å². The van der Waals surface area contributed by atoms with Gasteiger partial charge in [0.1, 0.15) is 11.3 Å². The number of pyridine rings is 1. The van der Waals surface area contributed by atoms with E-state index in [0.717, 1.165) is 17.2 Å². The predicted molar refractivity (Wildman–Crippen MR) is 64.8 cm³/mol. The highest BCUT2D eigenvalue weighted by Gasteiger charge is 2.14. The molecule has 0 spiro atoms. The number of aromatic nitrogens is 1. The Hall–Kier alpha value is -2.42. The van der Waals surface area contributed by atoms with Crippen LogP contribution in [-0.4, -0.2) is 11.3 Å². The highest BCUT2D eigenvalue weighted by Crippen LogP contribution is 2.31. The molecule has 0 radical (unpaired) electrons. The molecule has 0 saturated heterocycles. The number of hydrogen-bond donors (Lipinski definition) is 0. The molecule has 0 bridgehead atoms. The van der Waals surface area contributed by atoms with Gasteiger partial charge in [-0.1, -0.05) is 30.3 Å². The third-order valence-electron chi connectivity index (χ3n) is 2.68. The van der Waals surface area contributed by atoms with E-state index in [1.54, 1.807) is 18.5 Å². The summed E-state index contributed by atoms with van der Waals surface area (Å²) in [6.45, 7) is 0. The molecule has 0 saturated carbocycles. The lowest BCUT2D eigenvalue weighted by Gasteiger charge is -1.96. The van der Waals surface area contributed by atoms with Crippen LogP contribution < -0.4 is 0 Å². The summed E-state index contributed by atoms with van der Waals surface area (Å²) in [6.07, 6.45) is 4.11. The van der Waals surface area contributed by atoms with Gasteiger partial charge in [0.25, 0.3) is 0 Å². The summed E-state index contributed by atoms with van der Waals surface area (Å²) in [4.78, 5) is 15.2. The van der Waals surface area contributed by atoms with Crippen molar-refractivity contribution in [2.75, 3.05) is 0 Å². The zero-order chi connectivity index (χ0) is 11.7. The Balaban J connectivity index is 2.33. The quantitative estimate of drug-likeness (QED) is 0.626. The monoisotopic (exact) mass is 223 g/mol. The van der Waals surface area contributed by atoms with E-state index >= 15 is 0 Å². The standard InChI is InChI=1S/C14H9NO2/c16-9-12-11-8-15-7-6-13(11)17-14(12)10-4-2-1-3-5-10/h1-9H. The van der Waals surface area contributed by atoms with Gasteiger partial charge in [-0.15, -0.1) is 0 Å². The number of carbonyl (C=O) groups is 1. The Morgan fingerprint density at radius 2 is 1.94 bits per heavy atom. The van der Waals surface area contributed by atoms with Gasteiger partial charge in [-0.3, -0.25) is 9.78 Å². The van der Waals surface area contributed by atoms with Crippen LogP contribution in [0.1, 0.15) is 10.4 Å². The zero-order valence-electron chi connectivity index (χ0n) is 8.96. The predicted octanol–water partition coefficient (Wildman–Crippen LogP) is 3.31. The average Bonchev–Trinajstić information content (AvgIpc) is 2.78. The molecule has 0 N–H and O–H groups in total. The van der Waals surface area contributed by atoms with Crippen LogP contribution in [0.15, 0.2) is 53.2 Å². The molecular formula is C14H9NO2. The number of fused-ring (bicyclic) bond motifs is 1. The van der Waals surface area contributed by atoms with Crippen molar-refractivity contribution >= 4 is 17.3 Å². The van der Waals surface area contributed by atoms with Crippen molar-refractivity contribution in [3.63, 3.8) is 0 Å². The Bertz CT molecular complexity index is 671. The first-order valence-electron chi connectivity index (χ1n) is 5.27. The molecule has 2 heterocycles. The summed E-state index contributed by atoms with van der Waals surface area (Å²) in [5.41, 5.74) is 2.13. The molecule has 0 aliphatic heterocycles. The summed E-state index contributed by atoms with van der Waals surface area (Å²) in [6, 6.07) is 11.3. The van der Waals surface area contributed by atoms with Crippen LogP contribution in [-0.2, 0) is 0 Å². The molecule has 0 aliphatic carbocycles. The second-order valence-corrected chi connectivity index (χ2v) is 3.70. The molecule has 3 aromatic rings. The maximum Gasteiger partial charge on any atom is 0.154 e. The van der Waals surface area contributed by atoms with Crippen molar-refractivity contribution in [2.24, 2.45) is 0 Å². The Kier molecular flexibility index (Phi) is 2.22. The summed E-state index contributed by atoms with van der Waals surface area (Å²) in [7, 11) is 0. The van der Waals surface area contributed by atoms with Gasteiger partial charge >= 0.3 is 0 Å². The number of aldehydes is 1. The van der Waals surface area contributed by atoms with E-state index in [-0.39, 0.29) is 0 Å². The van der Waals surface area contributed by atoms with Gasteiger partial charge in [0.15, 0.2) is 6.29 Å². The molecule has 82 valence electrons. The van der Waals surface area contributed by atoms with Gasteiger partial charge in [-0.25, -0.2) is 0 Å². The number of nitrogens with zero attached hydrogens (tertiary/aromatic N) is 1. The summed E-state index contributed by atoms with van der Waals surface area (Å²) in [5, 5.41) is 0.751. The average molecular weight is 223 g/mol. The van der Waals surface area contributed by atoms with Crippen LogP contribution >= 0.6 is 0 Å². The lowest BCUT2D eigenvalue weighted by molar-refractivity contribution is 0.112. The lowest BCUT2D eigenvalue weighted by atomic mass is 10.1. The third-order valence-corrected chi connectivity index (χ3v) is 2.68. The molecular weight excluding hydrogens is 214 g/mol. The maximum atomic E-state index is 11.2. The van der Waals surface area contributed by atoms with E-state index in [2.05, 4.69) is 4.98 Å². The van der Waals surface area contributed by atoms with Crippen molar-refractivity contribution in [3.05, 3.63) is 54.4 Å². The molecule has 1 aromatic carbocycles. The second kappa shape index (κ2) is 3.87. The first kappa shape index (κ1) is 9.78. The molecule has 3 heteroatoms. The highest BCUT2D eigenvalue weighted by molar-refractivity contribution is 6.02. The highest BCUT2D eigenvalue weighted by atomic mass is 16.3. The van der Waals surface area contributed by atoms with Crippen molar-refractivity contribution in [1.82, 2.24) is 4.98 Å². The molecule has 2 aromatic heterocycles. The molecule has 0 amide bonds. The number of benzene rings is 1. The van der Waals surface area contributed by atoms with E-state index in [1.165, 1.54) is 0 Å². The van der Waals surface area contributed by atoms with E-state index in [9.17, 15) is 4.79 Å². The number of carbonyl (C=O) groups excluding carboxylic acids is 1. The largest absolute Gasteiger partial charge is 0.455 e. The van der Waals surface area contributed by atoms with Crippen molar-refractivity contribution in [2.45, 2.75) is 0 Å². The molecule has 0 atom stereocenters. The fraction of sp³-hybridized carbons (Fsp3) is 0. The van der Waals surface area contributed by atoms with Crippen molar-refractivity contribution in [3.8, 4) is 11.3 Å². The first-order valence-corrected chi connectivity index (χ1v) is 5.27. The lowest BCUT2D eigenvalue weighted by Crippen LogP contribution is -1.82. The number of hydrogen-bond acceptors (Lipinski definition) is 3. The van der Waals surface area contributed by atoms with Crippen molar-refractivity contribution < 1.29 is 9.21 Å². The Morgan fingerprint density at radius 1 is 1.12 bits per heavy atom. The summed E-state index contributed by atoms with van der Waals surface area (Å²) in [5.74, 6) is 0.601. The summed E-state index contributed by atoms with van der Waals surface area (Å²) < 4.78 is 5.70. The van der Waals surface area contributed by atoms with Crippen LogP contribution in [0, 0.1) is 0 Å². The van der Waals surface area contributed by atoms with Gasteiger partial charge in [0.2, 0.25) is 0 Å². The minimum absolute atomic E-state index is 0.555.